The van der Waals surface area contributed by atoms with Gasteiger partial charge in [0, 0.05) is 18.2 Å². The highest BCUT2D eigenvalue weighted by Crippen LogP contribution is 2.44. The van der Waals surface area contributed by atoms with E-state index in [1.165, 1.54) is 17.0 Å². The van der Waals surface area contributed by atoms with Crippen LogP contribution in [0.25, 0.3) is 11.1 Å². The highest BCUT2D eigenvalue weighted by molar-refractivity contribution is 6.07. The van der Waals surface area contributed by atoms with E-state index in [2.05, 4.69) is 29.3 Å². The molecule has 3 aromatic rings. The number of aromatic carboxylic acids is 1. The lowest BCUT2D eigenvalue weighted by Gasteiger charge is -2.14. The minimum atomic E-state index is -1.05. The number of carbonyl (C=O) groups excluding carboxylic acids is 2. The molecule has 0 bridgehead atoms. The second-order valence-electron chi connectivity index (χ2n) is 8.34. The van der Waals surface area contributed by atoms with Crippen LogP contribution < -0.4 is 10.2 Å². The zero-order valence-corrected chi connectivity index (χ0v) is 18.8. The van der Waals surface area contributed by atoms with E-state index in [1.54, 1.807) is 6.07 Å². The second kappa shape index (κ2) is 9.35. The van der Waals surface area contributed by atoms with Gasteiger partial charge in [-0.25, -0.2) is 9.59 Å². The first-order valence-corrected chi connectivity index (χ1v) is 11.3. The number of nitrogens with zero attached hydrogens (tertiary/aromatic N) is 1. The van der Waals surface area contributed by atoms with E-state index in [0.29, 0.717) is 18.7 Å². The lowest BCUT2D eigenvalue weighted by molar-refractivity contribution is -0.113. The monoisotopic (exact) mass is 466 g/mol. The first-order chi connectivity index (χ1) is 17.0. The lowest BCUT2D eigenvalue weighted by Crippen LogP contribution is -2.29. The molecule has 1 aliphatic carbocycles. The van der Waals surface area contributed by atoms with Crippen LogP contribution in [0.1, 0.15) is 33.0 Å². The number of hydrogen-bond donors (Lipinski definition) is 2. The number of alkyl carbamates (subject to hydrolysis) is 1. The molecule has 3 aromatic carbocycles. The van der Waals surface area contributed by atoms with Crippen LogP contribution in [0.5, 0.6) is 0 Å². The fourth-order valence-corrected chi connectivity index (χ4v) is 4.68. The van der Waals surface area contributed by atoms with Crippen molar-refractivity contribution in [1.29, 1.82) is 0 Å². The Bertz CT molecular complexity index is 1360. The Balaban J connectivity index is 1.16. The number of carboxylic acid groups (broad SMARTS) is 1. The number of hydrogen-bond acceptors (Lipinski definition) is 4. The average molecular weight is 466 g/mol. The molecule has 2 amide bonds. The summed E-state index contributed by atoms with van der Waals surface area (Å²) in [5.74, 6) is 3.63. The molecule has 0 saturated heterocycles. The van der Waals surface area contributed by atoms with Crippen LogP contribution in [0.15, 0.2) is 66.7 Å². The van der Waals surface area contributed by atoms with Crippen molar-refractivity contribution in [2.24, 2.45) is 0 Å². The molecule has 0 atom stereocenters. The fourth-order valence-electron chi connectivity index (χ4n) is 4.68. The van der Waals surface area contributed by atoms with Crippen molar-refractivity contribution in [2.45, 2.75) is 12.3 Å². The highest BCUT2D eigenvalue weighted by Gasteiger charge is 2.29. The summed E-state index contributed by atoms with van der Waals surface area (Å²) in [6.07, 6.45) is 0.0342. The van der Waals surface area contributed by atoms with E-state index in [0.717, 1.165) is 27.8 Å². The molecule has 7 heteroatoms. The first kappa shape index (κ1) is 22.2. The summed E-state index contributed by atoms with van der Waals surface area (Å²) in [4.78, 5) is 37.5. The van der Waals surface area contributed by atoms with Crippen molar-refractivity contribution in [1.82, 2.24) is 5.32 Å². The Morgan fingerprint density at radius 1 is 1.00 bits per heavy atom. The molecule has 0 fully saturated rings. The maximum Gasteiger partial charge on any atom is 0.407 e. The molecule has 35 heavy (non-hydrogen) atoms. The zero-order valence-electron chi connectivity index (χ0n) is 18.8. The molecule has 0 radical (unpaired) electrons. The quantitative estimate of drug-likeness (QED) is 0.570. The van der Waals surface area contributed by atoms with Crippen LogP contribution in [0.2, 0.25) is 0 Å². The van der Waals surface area contributed by atoms with Gasteiger partial charge in [0.05, 0.1) is 12.1 Å². The van der Waals surface area contributed by atoms with Crippen LogP contribution in [-0.2, 0) is 16.0 Å². The molecule has 1 heterocycles. The van der Waals surface area contributed by atoms with E-state index in [4.69, 9.17) is 4.74 Å². The molecule has 0 spiro atoms. The third-order valence-electron chi connectivity index (χ3n) is 6.33. The van der Waals surface area contributed by atoms with E-state index in [1.807, 2.05) is 36.4 Å². The molecule has 7 nitrogen and oxygen atoms in total. The van der Waals surface area contributed by atoms with Crippen LogP contribution in [0.3, 0.4) is 0 Å². The maximum absolute atomic E-state index is 12.5. The third-order valence-corrected chi connectivity index (χ3v) is 6.33. The van der Waals surface area contributed by atoms with Crippen molar-refractivity contribution in [3.05, 3.63) is 89.0 Å². The predicted molar refractivity (Wildman–Crippen MR) is 130 cm³/mol. The smallest absolute Gasteiger partial charge is 0.407 e. The number of nitrogens with one attached hydrogen (secondary N) is 1. The largest absolute Gasteiger partial charge is 0.478 e. The van der Waals surface area contributed by atoms with Gasteiger partial charge in [-0.1, -0.05) is 60.5 Å². The van der Waals surface area contributed by atoms with E-state index in [-0.39, 0.29) is 24.6 Å². The van der Waals surface area contributed by atoms with Crippen LogP contribution in [-0.4, -0.2) is 42.8 Å². The van der Waals surface area contributed by atoms with Gasteiger partial charge in [0.15, 0.2) is 0 Å². The Hall–Kier alpha value is -4.57. The van der Waals surface area contributed by atoms with Gasteiger partial charge in [-0.3, -0.25) is 4.79 Å². The number of amides is 2. The first-order valence-electron chi connectivity index (χ1n) is 11.3. The van der Waals surface area contributed by atoms with Crippen LogP contribution in [0, 0.1) is 11.8 Å². The van der Waals surface area contributed by atoms with Gasteiger partial charge in [-0.05, 0) is 52.3 Å². The summed E-state index contributed by atoms with van der Waals surface area (Å²) in [5.41, 5.74) is 6.15. The van der Waals surface area contributed by atoms with Gasteiger partial charge in [0.25, 0.3) is 0 Å². The van der Waals surface area contributed by atoms with Gasteiger partial charge < -0.3 is 20.1 Å². The predicted octanol–water partition coefficient (Wildman–Crippen LogP) is 3.82. The maximum atomic E-state index is 12.5. The molecule has 174 valence electrons. The van der Waals surface area contributed by atoms with E-state index >= 15 is 0 Å². The Labute approximate surface area is 202 Å². The topological polar surface area (TPSA) is 95.9 Å². The molecular weight excluding hydrogens is 444 g/mol. The van der Waals surface area contributed by atoms with E-state index < -0.39 is 18.0 Å². The fraction of sp³-hybridized carbons (Fsp3) is 0.179. The zero-order chi connectivity index (χ0) is 24.4. The molecule has 5 rings (SSSR count). The molecule has 0 saturated carbocycles. The summed E-state index contributed by atoms with van der Waals surface area (Å²) in [6.45, 7) is 0.590. The number of fused-ring (bicyclic) bond motifs is 4. The molecule has 2 N–H and O–H groups in total. The normalized spacial score (nSPS) is 13.2. The summed E-state index contributed by atoms with van der Waals surface area (Å²) >= 11 is 0. The van der Waals surface area contributed by atoms with Crippen molar-refractivity contribution in [3.8, 4) is 23.0 Å². The lowest BCUT2D eigenvalue weighted by atomic mass is 9.98. The third kappa shape index (κ3) is 4.34. The number of rotatable bonds is 4. The Morgan fingerprint density at radius 3 is 2.37 bits per heavy atom. The number of carboxylic acids is 1. The van der Waals surface area contributed by atoms with Crippen LogP contribution in [0.4, 0.5) is 10.5 Å². The summed E-state index contributed by atoms with van der Waals surface area (Å²) in [6, 6.07) is 20.9. The van der Waals surface area contributed by atoms with E-state index in [9.17, 15) is 19.5 Å². The van der Waals surface area contributed by atoms with Crippen molar-refractivity contribution >= 4 is 23.7 Å². The molecule has 0 unspecified atom stereocenters. The molecular formula is C28H22N2O5. The summed E-state index contributed by atoms with van der Waals surface area (Å²) in [7, 11) is 0. The van der Waals surface area contributed by atoms with Gasteiger partial charge in [0.1, 0.15) is 6.61 Å². The number of benzene rings is 3. The molecule has 0 aromatic heterocycles. The number of anilines is 1. The van der Waals surface area contributed by atoms with Gasteiger partial charge in [0.2, 0.25) is 0 Å². The summed E-state index contributed by atoms with van der Waals surface area (Å²) < 4.78 is 5.46. The van der Waals surface area contributed by atoms with Crippen molar-refractivity contribution < 1.29 is 24.2 Å². The van der Waals surface area contributed by atoms with Gasteiger partial charge in [-0.2, -0.15) is 0 Å². The summed E-state index contributed by atoms with van der Waals surface area (Å²) in [5, 5.41) is 11.8. The minimum absolute atomic E-state index is 0.0354. The average Bonchev–Trinajstić information content (AvgIpc) is 3.44. The standard InChI is InChI=1S/C28H22N2O5/c31-26(30-15-13-18-11-12-19(27(32)33)16-25(18)30)10-5-14-29-28(34)35-17-24-22-8-3-1-6-20(22)21-7-2-4-9-23(21)24/h1-4,6-9,11-12,16,24H,13-15,17H2,(H,29,34)(H,32,33). The van der Waals surface area contributed by atoms with Crippen molar-refractivity contribution in [3.63, 3.8) is 0 Å². The number of carbonyl (C=O) groups is 3. The second-order valence-corrected chi connectivity index (χ2v) is 8.34. The SMILES string of the molecule is O=C(NCC#CC(=O)N1CCc2ccc(C(=O)O)cc21)OCC1c2ccccc2-c2ccccc21. The van der Waals surface area contributed by atoms with Crippen LogP contribution >= 0.6 is 0 Å². The number of ether oxygens (including phenoxy) is 1. The van der Waals surface area contributed by atoms with Crippen molar-refractivity contribution in [2.75, 3.05) is 24.6 Å². The van der Waals surface area contributed by atoms with Gasteiger partial charge >= 0.3 is 18.0 Å². The highest BCUT2D eigenvalue weighted by atomic mass is 16.5. The molecule has 2 aliphatic rings. The Kier molecular flexibility index (Phi) is 5.94. The van der Waals surface area contributed by atoms with Gasteiger partial charge in [-0.15, -0.1) is 0 Å². The minimum Gasteiger partial charge on any atom is -0.478 e. The molecule has 1 aliphatic heterocycles. The Morgan fingerprint density at radius 2 is 1.69 bits per heavy atom.